The summed E-state index contributed by atoms with van der Waals surface area (Å²) in [6.07, 6.45) is 5.73. The lowest BCUT2D eigenvalue weighted by molar-refractivity contribution is 0.104. The lowest BCUT2D eigenvalue weighted by atomic mass is 10.0. The van der Waals surface area contributed by atoms with E-state index in [1.165, 1.54) is 6.07 Å². The fourth-order valence-electron chi connectivity index (χ4n) is 3.05. The third-order valence-corrected chi connectivity index (χ3v) is 4.24. The Morgan fingerprint density at radius 1 is 1.00 bits per heavy atom. The maximum Gasteiger partial charge on any atom is 0.189 e. The van der Waals surface area contributed by atoms with Gasteiger partial charge in [-0.05, 0) is 35.4 Å². The normalized spacial score (nSPS) is 14.9. The number of rotatable bonds is 2. The molecule has 0 spiro atoms. The van der Waals surface area contributed by atoms with Gasteiger partial charge in [0.15, 0.2) is 5.78 Å². The van der Waals surface area contributed by atoms with Crippen molar-refractivity contribution in [3.8, 4) is 11.1 Å². The summed E-state index contributed by atoms with van der Waals surface area (Å²) in [5, 5.41) is 0. The Labute approximate surface area is 139 Å². The molecule has 0 radical (unpaired) electrons. The van der Waals surface area contributed by atoms with E-state index < -0.39 is 0 Å². The van der Waals surface area contributed by atoms with Gasteiger partial charge in [0.25, 0.3) is 0 Å². The quantitative estimate of drug-likeness (QED) is 0.641. The van der Waals surface area contributed by atoms with Gasteiger partial charge >= 0.3 is 0 Å². The number of benzene rings is 2. The van der Waals surface area contributed by atoms with Crippen molar-refractivity contribution in [2.24, 2.45) is 0 Å². The molecular weight excluding hydrogens is 301 g/mol. The first kappa shape index (κ1) is 14.5. The van der Waals surface area contributed by atoms with Crippen LogP contribution in [0.4, 0.5) is 4.39 Å². The van der Waals surface area contributed by atoms with Gasteiger partial charge in [-0.2, -0.15) is 0 Å². The standard InChI is InChI=1S/C21H14FNO/c22-20-8-2-7-18-19(20)12-17(21(18)24)11-14-4-1-5-15(10-14)16-6-3-9-23-13-16/h1-11,13H,12H2/b17-11-. The van der Waals surface area contributed by atoms with Crippen LogP contribution in [0.15, 0.2) is 72.6 Å². The van der Waals surface area contributed by atoms with Crippen molar-refractivity contribution in [1.82, 2.24) is 4.98 Å². The minimum atomic E-state index is -0.312. The second kappa shape index (κ2) is 5.85. The van der Waals surface area contributed by atoms with E-state index >= 15 is 0 Å². The van der Waals surface area contributed by atoms with Crippen molar-refractivity contribution in [2.45, 2.75) is 6.42 Å². The first-order chi connectivity index (χ1) is 11.7. The van der Waals surface area contributed by atoms with Gasteiger partial charge in [0, 0.05) is 41.1 Å². The molecule has 24 heavy (non-hydrogen) atoms. The maximum absolute atomic E-state index is 13.9. The Morgan fingerprint density at radius 3 is 2.62 bits per heavy atom. The molecule has 1 aliphatic rings. The number of allylic oxidation sites excluding steroid dienone is 1. The van der Waals surface area contributed by atoms with Crippen LogP contribution in [0.25, 0.3) is 17.2 Å². The average molecular weight is 315 g/mol. The number of hydrogen-bond donors (Lipinski definition) is 0. The van der Waals surface area contributed by atoms with E-state index in [1.807, 2.05) is 42.5 Å². The monoisotopic (exact) mass is 315 g/mol. The van der Waals surface area contributed by atoms with E-state index in [-0.39, 0.29) is 11.6 Å². The van der Waals surface area contributed by atoms with E-state index in [1.54, 1.807) is 24.5 Å². The number of pyridine rings is 1. The van der Waals surface area contributed by atoms with Crippen LogP contribution in [0.3, 0.4) is 0 Å². The smallest absolute Gasteiger partial charge is 0.189 e. The molecule has 0 saturated carbocycles. The van der Waals surface area contributed by atoms with E-state index in [4.69, 9.17) is 0 Å². The molecular formula is C21H14FNO. The van der Waals surface area contributed by atoms with Gasteiger partial charge < -0.3 is 0 Å². The maximum atomic E-state index is 13.9. The average Bonchev–Trinajstić information content (AvgIpc) is 2.94. The third kappa shape index (κ3) is 2.54. The summed E-state index contributed by atoms with van der Waals surface area (Å²) in [5.74, 6) is -0.398. The first-order valence-electron chi connectivity index (χ1n) is 7.75. The fourth-order valence-corrected chi connectivity index (χ4v) is 3.05. The summed E-state index contributed by atoms with van der Waals surface area (Å²) in [6.45, 7) is 0. The molecule has 1 heterocycles. The topological polar surface area (TPSA) is 30.0 Å². The largest absolute Gasteiger partial charge is 0.289 e. The Kier molecular flexibility index (Phi) is 3.54. The zero-order valence-electron chi connectivity index (χ0n) is 12.9. The summed E-state index contributed by atoms with van der Waals surface area (Å²) in [5.41, 5.74) is 4.57. The molecule has 3 heteroatoms. The molecule has 2 nitrogen and oxygen atoms in total. The predicted octanol–water partition coefficient (Wildman–Crippen LogP) is 4.71. The number of carbonyl (C=O) groups excluding carboxylic acids is 1. The number of hydrogen-bond acceptors (Lipinski definition) is 2. The number of aromatic nitrogens is 1. The summed E-state index contributed by atoms with van der Waals surface area (Å²) in [7, 11) is 0. The van der Waals surface area contributed by atoms with Crippen molar-refractivity contribution in [3.05, 3.63) is 95.1 Å². The molecule has 4 rings (SSSR count). The summed E-state index contributed by atoms with van der Waals surface area (Å²) in [6, 6.07) is 16.5. The molecule has 2 aromatic carbocycles. The molecule has 0 atom stereocenters. The second-order valence-corrected chi connectivity index (χ2v) is 5.81. The minimum Gasteiger partial charge on any atom is -0.289 e. The molecule has 0 fully saturated rings. The molecule has 0 bridgehead atoms. The SMILES string of the molecule is O=C1/C(=C\c2cccc(-c3cccnc3)c2)Cc2c(F)cccc21. The van der Waals surface area contributed by atoms with E-state index in [0.717, 1.165) is 16.7 Å². The molecule has 0 unspecified atom stereocenters. The number of halogens is 1. The van der Waals surface area contributed by atoms with Gasteiger partial charge in [0.05, 0.1) is 0 Å². The van der Waals surface area contributed by atoms with Crippen molar-refractivity contribution < 1.29 is 9.18 Å². The highest BCUT2D eigenvalue weighted by atomic mass is 19.1. The molecule has 0 amide bonds. The number of Topliss-reactive ketones (excluding diaryl/α,β-unsaturated/α-hetero) is 1. The van der Waals surface area contributed by atoms with E-state index in [2.05, 4.69) is 4.98 Å². The van der Waals surface area contributed by atoms with Gasteiger partial charge in [0.2, 0.25) is 0 Å². The lowest BCUT2D eigenvalue weighted by Gasteiger charge is -2.03. The van der Waals surface area contributed by atoms with Gasteiger partial charge in [-0.1, -0.05) is 36.4 Å². The van der Waals surface area contributed by atoms with Gasteiger partial charge in [-0.3, -0.25) is 9.78 Å². The number of nitrogens with zero attached hydrogens (tertiary/aromatic N) is 1. The summed E-state index contributed by atoms with van der Waals surface area (Å²) in [4.78, 5) is 16.6. The molecule has 0 aliphatic heterocycles. The van der Waals surface area contributed by atoms with E-state index in [0.29, 0.717) is 23.1 Å². The Hall–Kier alpha value is -3.07. The van der Waals surface area contributed by atoms with Crippen LogP contribution < -0.4 is 0 Å². The summed E-state index contributed by atoms with van der Waals surface area (Å²) < 4.78 is 13.9. The van der Waals surface area contributed by atoms with Crippen LogP contribution in [0, 0.1) is 5.82 Å². The van der Waals surface area contributed by atoms with Gasteiger partial charge in [-0.15, -0.1) is 0 Å². The molecule has 0 saturated heterocycles. The lowest BCUT2D eigenvalue weighted by Crippen LogP contribution is -1.95. The van der Waals surface area contributed by atoms with Gasteiger partial charge in [-0.25, -0.2) is 4.39 Å². The number of ketones is 1. The third-order valence-electron chi connectivity index (χ3n) is 4.24. The molecule has 116 valence electrons. The Balaban J connectivity index is 1.71. The highest BCUT2D eigenvalue weighted by Crippen LogP contribution is 2.30. The van der Waals surface area contributed by atoms with Crippen molar-refractivity contribution in [1.29, 1.82) is 0 Å². The molecule has 1 aromatic heterocycles. The predicted molar refractivity (Wildman–Crippen MR) is 92.1 cm³/mol. The zero-order chi connectivity index (χ0) is 16.5. The van der Waals surface area contributed by atoms with Gasteiger partial charge in [0.1, 0.15) is 5.82 Å². The second-order valence-electron chi connectivity index (χ2n) is 5.81. The Bertz CT molecular complexity index is 961. The van der Waals surface area contributed by atoms with Crippen LogP contribution in [-0.2, 0) is 6.42 Å². The summed E-state index contributed by atoms with van der Waals surface area (Å²) >= 11 is 0. The minimum absolute atomic E-state index is 0.0868. The van der Waals surface area contributed by atoms with Crippen molar-refractivity contribution >= 4 is 11.9 Å². The first-order valence-corrected chi connectivity index (χ1v) is 7.75. The van der Waals surface area contributed by atoms with Crippen LogP contribution in [0.5, 0.6) is 0 Å². The molecule has 0 N–H and O–H groups in total. The van der Waals surface area contributed by atoms with E-state index in [9.17, 15) is 9.18 Å². The fraction of sp³-hybridized carbons (Fsp3) is 0.0476. The molecule has 3 aromatic rings. The van der Waals surface area contributed by atoms with Crippen molar-refractivity contribution in [3.63, 3.8) is 0 Å². The Morgan fingerprint density at radius 2 is 1.83 bits per heavy atom. The highest BCUT2D eigenvalue weighted by molar-refractivity contribution is 6.15. The number of fused-ring (bicyclic) bond motifs is 1. The number of carbonyl (C=O) groups is 1. The van der Waals surface area contributed by atoms with Crippen LogP contribution in [0.1, 0.15) is 21.5 Å². The van der Waals surface area contributed by atoms with Crippen LogP contribution in [-0.4, -0.2) is 10.8 Å². The highest BCUT2D eigenvalue weighted by Gasteiger charge is 2.26. The van der Waals surface area contributed by atoms with Crippen LogP contribution in [0.2, 0.25) is 0 Å². The zero-order valence-corrected chi connectivity index (χ0v) is 12.9. The van der Waals surface area contributed by atoms with Crippen LogP contribution >= 0.6 is 0 Å². The molecule has 1 aliphatic carbocycles. The van der Waals surface area contributed by atoms with Crippen molar-refractivity contribution in [2.75, 3.05) is 0 Å².